The Morgan fingerprint density at radius 1 is 1.14 bits per heavy atom. The molecule has 1 aliphatic rings. The van der Waals surface area contributed by atoms with E-state index < -0.39 is 10.9 Å². The van der Waals surface area contributed by atoms with Crippen LogP contribution in [0.4, 0.5) is 16.4 Å². The zero-order chi connectivity index (χ0) is 25.7. The fraction of sp³-hybridized carbons (Fsp3) is 0.280. The summed E-state index contributed by atoms with van der Waals surface area (Å²) >= 11 is 7.21. The molecule has 4 rings (SSSR count). The summed E-state index contributed by atoms with van der Waals surface area (Å²) in [6.07, 6.45) is 0. The summed E-state index contributed by atoms with van der Waals surface area (Å²) in [6, 6.07) is 14.1. The van der Waals surface area contributed by atoms with Crippen molar-refractivity contribution in [3.63, 3.8) is 0 Å². The summed E-state index contributed by atoms with van der Waals surface area (Å²) in [5.74, 6) is -0.723. The van der Waals surface area contributed by atoms with Crippen LogP contribution in [0, 0.1) is 10.1 Å². The number of esters is 1. The summed E-state index contributed by atoms with van der Waals surface area (Å²) in [5, 5.41) is 16.9. The van der Waals surface area contributed by atoms with E-state index in [1.807, 2.05) is 45.5 Å². The van der Waals surface area contributed by atoms with Gasteiger partial charge in [0.1, 0.15) is 16.3 Å². The third kappa shape index (κ3) is 5.84. The number of carbonyl (C=O) groups excluding carboxylic acids is 2. The second kappa shape index (κ2) is 11.5. The number of nitrogens with zero attached hydrogens (tertiary/aromatic N) is 3. The number of ether oxygens (including phenoxy) is 1. The smallest absolute Gasteiger partial charge is 0.341 e. The summed E-state index contributed by atoms with van der Waals surface area (Å²) < 4.78 is 5.25. The molecule has 188 valence electrons. The summed E-state index contributed by atoms with van der Waals surface area (Å²) in [6.45, 7) is 4.27. The number of piperazine rings is 1. The first-order chi connectivity index (χ1) is 17.4. The van der Waals surface area contributed by atoms with Crippen molar-refractivity contribution in [3.8, 4) is 11.1 Å². The molecule has 3 aromatic rings. The molecule has 0 aliphatic carbocycles. The van der Waals surface area contributed by atoms with E-state index in [1.165, 1.54) is 17.4 Å². The van der Waals surface area contributed by atoms with E-state index in [-0.39, 0.29) is 24.7 Å². The van der Waals surface area contributed by atoms with Gasteiger partial charge in [0.15, 0.2) is 0 Å². The van der Waals surface area contributed by atoms with Gasteiger partial charge in [0.05, 0.1) is 18.1 Å². The molecule has 0 spiro atoms. The van der Waals surface area contributed by atoms with E-state index in [9.17, 15) is 19.7 Å². The zero-order valence-corrected chi connectivity index (χ0v) is 21.2. The van der Waals surface area contributed by atoms with E-state index in [0.717, 1.165) is 5.56 Å². The molecular formula is C25H25ClN4O5S. The highest BCUT2D eigenvalue weighted by Gasteiger charge is 2.26. The topological polar surface area (TPSA) is 105 Å². The molecule has 1 aliphatic heterocycles. The Morgan fingerprint density at radius 3 is 2.53 bits per heavy atom. The third-order valence-electron chi connectivity index (χ3n) is 5.82. The van der Waals surface area contributed by atoms with Crippen LogP contribution in [0.15, 0.2) is 53.9 Å². The van der Waals surface area contributed by atoms with Gasteiger partial charge in [0.2, 0.25) is 5.91 Å². The Hall–Kier alpha value is -3.47. The molecule has 11 heteroatoms. The lowest BCUT2D eigenvalue weighted by atomic mass is 10.0. The van der Waals surface area contributed by atoms with Crippen LogP contribution >= 0.6 is 22.9 Å². The molecule has 1 saturated heterocycles. The molecule has 0 bridgehead atoms. The number of carbonyl (C=O) groups is 2. The number of hydrogen-bond donors (Lipinski definition) is 1. The molecule has 9 nitrogen and oxygen atoms in total. The third-order valence-corrected chi connectivity index (χ3v) is 6.95. The van der Waals surface area contributed by atoms with Gasteiger partial charge in [0, 0.05) is 48.2 Å². The minimum atomic E-state index is -0.480. The van der Waals surface area contributed by atoms with Gasteiger partial charge in [0.25, 0.3) is 5.69 Å². The van der Waals surface area contributed by atoms with Crippen molar-refractivity contribution in [1.82, 2.24) is 4.90 Å². The van der Waals surface area contributed by atoms with Crippen molar-refractivity contribution in [3.05, 3.63) is 74.6 Å². The van der Waals surface area contributed by atoms with Crippen molar-refractivity contribution in [1.29, 1.82) is 0 Å². The van der Waals surface area contributed by atoms with Gasteiger partial charge in [-0.3, -0.25) is 19.8 Å². The van der Waals surface area contributed by atoms with Crippen LogP contribution in [0.3, 0.4) is 0 Å². The Bertz CT molecular complexity index is 1260. The fourth-order valence-corrected chi connectivity index (χ4v) is 5.25. The number of halogens is 1. The number of nitro benzene ring substituents is 1. The SMILES string of the molecule is CCOC(=O)c1c(-c2ccccc2)csc1NC(=O)CN1CCN(c2ccc(Cl)cc2[N+](=O)[O-])CC1. The predicted octanol–water partition coefficient (Wildman–Crippen LogP) is 4.91. The first-order valence-corrected chi connectivity index (χ1v) is 12.7. The van der Waals surface area contributed by atoms with E-state index in [0.29, 0.717) is 53.0 Å². The largest absolute Gasteiger partial charge is 0.462 e. The number of nitrogens with one attached hydrogen (secondary N) is 1. The lowest BCUT2D eigenvalue weighted by molar-refractivity contribution is -0.384. The molecule has 2 aromatic carbocycles. The minimum Gasteiger partial charge on any atom is -0.462 e. The maximum atomic E-state index is 12.9. The van der Waals surface area contributed by atoms with Crippen LogP contribution < -0.4 is 10.2 Å². The van der Waals surface area contributed by atoms with Crippen LogP contribution in [-0.2, 0) is 9.53 Å². The number of nitro groups is 1. The van der Waals surface area contributed by atoms with Crippen LogP contribution in [0.25, 0.3) is 11.1 Å². The zero-order valence-electron chi connectivity index (χ0n) is 19.6. The van der Waals surface area contributed by atoms with Crippen LogP contribution in [0.1, 0.15) is 17.3 Å². The normalized spacial score (nSPS) is 13.9. The predicted molar refractivity (Wildman–Crippen MR) is 141 cm³/mol. The molecule has 1 amide bonds. The van der Waals surface area contributed by atoms with Gasteiger partial charge in [-0.2, -0.15) is 0 Å². The van der Waals surface area contributed by atoms with Gasteiger partial charge >= 0.3 is 5.97 Å². The van der Waals surface area contributed by atoms with Crippen molar-refractivity contribution >= 4 is 51.2 Å². The first kappa shape index (κ1) is 25.6. The molecule has 1 aromatic heterocycles. The number of amides is 1. The maximum absolute atomic E-state index is 12.9. The van der Waals surface area contributed by atoms with E-state index >= 15 is 0 Å². The van der Waals surface area contributed by atoms with Crippen molar-refractivity contribution in [2.45, 2.75) is 6.92 Å². The molecular weight excluding hydrogens is 504 g/mol. The van der Waals surface area contributed by atoms with Crippen LogP contribution in [0.5, 0.6) is 0 Å². The number of benzene rings is 2. The molecule has 0 atom stereocenters. The number of anilines is 2. The molecule has 1 fully saturated rings. The second-order valence-corrected chi connectivity index (χ2v) is 9.46. The van der Waals surface area contributed by atoms with Gasteiger partial charge in [-0.1, -0.05) is 41.9 Å². The van der Waals surface area contributed by atoms with Gasteiger partial charge in [-0.05, 0) is 24.6 Å². The molecule has 0 radical (unpaired) electrons. The minimum absolute atomic E-state index is 0.0351. The highest BCUT2D eigenvalue weighted by atomic mass is 35.5. The molecule has 1 N–H and O–H groups in total. The molecule has 0 unspecified atom stereocenters. The average Bonchev–Trinajstić information content (AvgIpc) is 3.28. The fourth-order valence-electron chi connectivity index (χ4n) is 4.11. The van der Waals surface area contributed by atoms with E-state index in [4.69, 9.17) is 16.3 Å². The highest BCUT2D eigenvalue weighted by molar-refractivity contribution is 7.15. The molecule has 2 heterocycles. The number of hydrogen-bond acceptors (Lipinski definition) is 8. The number of rotatable bonds is 8. The summed E-state index contributed by atoms with van der Waals surface area (Å²) in [5.41, 5.74) is 2.41. The Morgan fingerprint density at radius 2 is 1.86 bits per heavy atom. The maximum Gasteiger partial charge on any atom is 0.341 e. The Kier molecular flexibility index (Phi) is 8.19. The molecule has 0 saturated carbocycles. The summed E-state index contributed by atoms with van der Waals surface area (Å²) in [7, 11) is 0. The van der Waals surface area contributed by atoms with Gasteiger partial charge in [-0.25, -0.2) is 4.79 Å². The first-order valence-electron chi connectivity index (χ1n) is 11.4. The van der Waals surface area contributed by atoms with Gasteiger partial charge in [-0.15, -0.1) is 11.3 Å². The summed E-state index contributed by atoms with van der Waals surface area (Å²) in [4.78, 5) is 40.5. The van der Waals surface area contributed by atoms with Crippen molar-refractivity contribution < 1.29 is 19.2 Å². The molecule has 36 heavy (non-hydrogen) atoms. The Labute approximate surface area is 217 Å². The standard InChI is InChI=1S/C25H25ClN4O5S/c1-2-35-25(32)23-19(17-6-4-3-5-7-17)16-36-24(23)27-22(31)15-28-10-12-29(13-11-28)20-9-8-18(26)14-21(20)30(33)34/h3-9,14,16H,2,10-13,15H2,1H3,(H,27,31). The number of thiophene rings is 1. The van der Waals surface area contributed by atoms with Crippen LogP contribution in [0.2, 0.25) is 5.02 Å². The van der Waals surface area contributed by atoms with E-state index in [2.05, 4.69) is 5.32 Å². The van der Waals surface area contributed by atoms with Crippen molar-refractivity contribution in [2.24, 2.45) is 0 Å². The quantitative estimate of drug-likeness (QED) is 0.251. The van der Waals surface area contributed by atoms with Gasteiger partial charge < -0.3 is 15.0 Å². The average molecular weight is 529 g/mol. The lowest BCUT2D eigenvalue weighted by Crippen LogP contribution is -2.48. The van der Waals surface area contributed by atoms with E-state index in [1.54, 1.807) is 19.1 Å². The van der Waals surface area contributed by atoms with Crippen LogP contribution in [-0.4, -0.2) is 61.0 Å². The Balaban J connectivity index is 1.41. The van der Waals surface area contributed by atoms with Crippen molar-refractivity contribution in [2.75, 3.05) is 49.5 Å². The second-order valence-electron chi connectivity index (χ2n) is 8.14. The highest BCUT2D eigenvalue weighted by Crippen LogP contribution is 2.36. The lowest BCUT2D eigenvalue weighted by Gasteiger charge is -2.35. The monoisotopic (exact) mass is 528 g/mol.